The predicted molar refractivity (Wildman–Crippen MR) is 79.4 cm³/mol. The Morgan fingerprint density at radius 3 is 2.42 bits per heavy atom. The summed E-state index contributed by atoms with van der Waals surface area (Å²) in [5.41, 5.74) is 2.23. The van der Waals surface area contributed by atoms with Gasteiger partial charge in [0, 0.05) is 26.2 Å². The number of likely N-dealkylation sites (tertiary alicyclic amines) is 1. The highest BCUT2D eigenvalue weighted by Crippen LogP contribution is 2.21. The molecule has 3 heteroatoms. The zero-order chi connectivity index (χ0) is 13.7. The molecule has 1 aliphatic heterocycles. The molecule has 1 aromatic rings. The molecule has 0 atom stereocenters. The van der Waals surface area contributed by atoms with E-state index < -0.39 is 5.60 Å². The van der Waals surface area contributed by atoms with Gasteiger partial charge in [-0.25, -0.2) is 0 Å². The Hall–Kier alpha value is -0.900. The van der Waals surface area contributed by atoms with Crippen LogP contribution >= 0.6 is 0 Å². The van der Waals surface area contributed by atoms with Crippen LogP contribution in [0, 0.1) is 6.92 Å². The fraction of sp³-hybridized carbons (Fsp3) is 0.625. The molecule has 0 aromatic heterocycles. The second-order valence-corrected chi connectivity index (χ2v) is 5.83. The molecule has 1 aliphatic rings. The smallest absolute Gasteiger partial charge is 0.0795 e. The summed E-state index contributed by atoms with van der Waals surface area (Å²) in [5, 5.41) is 13.4. The van der Waals surface area contributed by atoms with Gasteiger partial charge in [0.1, 0.15) is 0 Å². The molecule has 2 N–H and O–H groups in total. The molecule has 0 spiro atoms. The van der Waals surface area contributed by atoms with Gasteiger partial charge in [0.05, 0.1) is 5.60 Å². The number of hydrogen-bond donors (Lipinski definition) is 2. The van der Waals surface area contributed by atoms with Crippen molar-refractivity contribution in [3.8, 4) is 0 Å². The maximum Gasteiger partial charge on any atom is 0.0795 e. The number of aliphatic hydroxyl groups is 1. The van der Waals surface area contributed by atoms with E-state index in [1.54, 1.807) is 0 Å². The summed E-state index contributed by atoms with van der Waals surface area (Å²) < 4.78 is 0. The standard InChI is InChI=1S/C16H26N2O/c1-14-3-5-15(6-4-14)7-10-18-11-8-16(19,9-12-18)13-17-2/h3-6,17,19H,7-13H2,1-2H3. The van der Waals surface area contributed by atoms with E-state index in [4.69, 9.17) is 0 Å². The van der Waals surface area contributed by atoms with E-state index in [2.05, 4.69) is 41.4 Å². The monoisotopic (exact) mass is 262 g/mol. The van der Waals surface area contributed by atoms with Gasteiger partial charge >= 0.3 is 0 Å². The first-order valence-corrected chi connectivity index (χ1v) is 7.26. The van der Waals surface area contributed by atoms with Crippen LogP contribution in [-0.2, 0) is 6.42 Å². The summed E-state index contributed by atoms with van der Waals surface area (Å²) in [6, 6.07) is 8.79. The Morgan fingerprint density at radius 1 is 1.21 bits per heavy atom. The number of rotatable bonds is 5. The Bertz CT molecular complexity index is 380. The van der Waals surface area contributed by atoms with Crippen LogP contribution in [0.5, 0.6) is 0 Å². The van der Waals surface area contributed by atoms with Gasteiger partial charge in [-0.05, 0) is 38.8 Å². The van der Waals surface area contributed by atoms with Crippen molar-refractivity contribution in [1.82, 2.24) is 10.2 Å². The van der Waals surface area contributed by atoms with E-state index in [1.165, 1.54) is 11.1 Å². The molecule has 2 rings (SSSR count). The summed E-state index contributed by atoms with van der Waals surface area (Å²) in [7, 11) is 1.90. The average Bonchev–Trinajstić information content (AvgIpc) is 2.40. The highest BCUT2D eigenvalue weighted by Gasteiger charge is 2.31. The van der Waals surface area contributed by atoms with Crippen LogP contribution in [0.25, 0.3) is 0 Å². The van der Waals surface area contributed by atoms with E-state index in [0.29, 0.717) is 6.54 Å². The quantitative estimate of drug-likeness (QED) is 0.846. The first kappa shape index (κ1) is 14.5. The SMILES string of the molecule is CNCC1(O)CCN(CCc2ccc(C)cc2)CC1. The molecule has 1 fully saturated rings. The Kier molecular flexibility index (Phi) is 4.97. The highest BCUT2D eigenvalue weighted by molar-refractivity contribution is 5.21. The largest absolute Gasteiger partial charge is 0.388 e. The third-order valence-electron chi connectivity index (χ3n) is 4.13. The first-order chi connectivity index (χ1) is 9.11. The van der Waals surface area contributed by atoms with Crippen molar-refractivity contribution in [2.24, 2.45) is 0 Å². The first-order valence-electron chi connectivity index (χ1n) is 7.26. The van der Waals surface area contributed by atoms with E-state index in [0.717, 1.165) is 38.9 Å². The number of aryl methyl sites for hydroxylation is 1. The van der Waals surface area contributed by atoms with Gasteiger partial charge in [-0.1, -0.05) is 29.8 Å². The Morgan fingerprint density at radius 2 is 1.84 bits per heavy atom. The van der Waals surface area contributed by atoms with Crippen molar-refractivity contribution in [3.63, 3.8) is 0 Å². The van der Waals surface area contributed by atoms with Gasteiger partial charge < -0.3 is 15.3 Å². The summed E-state index contributed by atoms with van der Waals surface area (Å²) in [6.07, 6.45) is 2.86. The molecule has 0 aliphatic carbocycles. The van der Waals surface area contributed by atoms with Crippen LogP contribution in [0.15, 0.2) is 24.3 Å². The fourth-order valence-electron chi connectivity index (χ4n) is 2.74. The molecule has 0 unspecified atom stereocenters. The maximum absolute atomic E-state index is 10.3. The molecule has 0 radical (unpaired) electrons. The molecule has 19 heavy (non-hydrogen) atoms. The summed E-state index contributed by atoms with van der Waals surface area (Å²) in [5.74, 6) is 0. The van der Waals surface area contributed by atoms with E-state index >= 15 is 0 Å². The van der Waals surface area contributed by atoms with Crippen molar-refractivity contribution in [1.29, 1.82) is 0 Å². The maximum atomic E-state index is 10.3. The highest BCUT2D eigenvalue weighted by atomic mass is 16.3. The molecular weight excluding hydrogens is 236 g/mol. The molecular formula is C16H26N2O. The van der Waals surface area contributed by atoms with Gasteiger partial charge in [0.2, 0.25) is 0 Å². The summed E-state index contributed by atoms with van der Waals surface area (Å²) in [6.45, 7) is 5.93. The zero-order valence-corrected chi connectivity index (χ0v) is 12.2. The van der Waals surface area contributed by atoms with Gasteiger partial charge in [-0.2, -0.15) is 0 Å². The number of hydrogen-bond acceptors (Lipinski definition) is 3. The minimum atomic E-state index is -0.491. The molecule has 0 bridgehead atoms. The van der Waals surface area contributed by atoms with Crippen LogP contribution in [0.3, 0.4) is 0 Å². The van der Waals surface area contributed by atoms with Crippen LogP contribution < -0.4 is 5.32 Å². The third-order valence-corrected chi connectivity index (χ3v) is 4.13. The lowest BCUT2D eigenvalue weighted by molar-refractivity contribution is -0.0182. The Labute approximate surface area is 116 Å². The van der Waals surface area contributed by atoms with Crippen LogP contribution in [0.1, 0.15) is 24.0 Å². The predicted octanol–water partition coefficient (Wildman–Crippen LogP) is 1.58. The molecule has 0 saturated carbocycles. The number of nitrogens with zero attached hydrogens (tertiary/aromatic N) is 1. The summed E-state index contributed by atoms with van der Waals surface area (Å²) in [4.78, 5) is 2.46. The molecule has 1 aromatic carbocycles. The fourth-order valence-corrected chi connectivity index (χ4v) is 2.74. The van der Waals surface area contributed by atoms with Crippen molar-refractivity contribution in [2.45, 2.75) is 31.8 Å². The molecule has 3 nitrogen and oxygen atoms in total. The minimum absolute atomic E-state index is 0.491. The van der Waals surface area contributed by atoms with E-state index in [1.807, 2.05) is 7.05 Å². The minimum Gasteiger partial charge on any atom is -0.388 e. The van der Waals surface area contributed by atoms with Crippen molar-refractivity contribution < 1.29 is 5.11 Å². The molecule has 106 valence electrons. The summed E-state index contributed by atoms with van der Waals surface area (Å²) >= 11 is 0. The second-order valence-electron chi connectivity index (χ2n) is 5.83. The normalized spacial score (nSPS) is 19.5. The lowest BCUT2D eigenvalue weighted by Gasteiger charge is -2.38. The van der Waals surface area contributed by atoms with E-state index in [9.17, 15) is 5.11 Å². The van der Waals surface area contributed by atoms with Gasteiger partial charge in [-0.15, -0.1) is 0 Å². The molecule has 1 saturated heterocycles. The van der Waals surface area contributed by atoms with E-state index in [-0.39, 0.29) is 0 Å². The van der Waals surface area contributed by atoms with Crippen molar-refractivity contribution in [3.05, 3.63) is 35.4 Å². The topological polar surface area (TPSA) is 35.5 Å². The number of nitrogens with one attached hydrogen (secondary N) is 1. The number of piperidine rings is 1. The molecule has 1 heterocycles. The molecule has 0 amide bonds. The number of likely N-dealkylation sites (N-methyl/N-ethyl adjacent to an activating group) is 1. The van der Waals surface area contributed by atoms with Crippen LogP contribution in [-0.4, -0.2) is 48.8 Å². The van der Waals surface area contributed by atoms with Crippen LogP contribution in [0.4, 0.5) is 0 Å². The van der Waals surface area contributed by atoms with Crippen molar-refractivity contribution >= 4 is 0 Å². The second kappa shape index (κ2) is 6.51. The third kappa shape index (κ3) is 4.30. The van der Waals surface area contributed by atoms with Crippen molar-refractivity contribution in [2.75, 3.05) is 33.2 Å². The van der Waals surface area contributed by atoms with Crippen LogP contribution in [0.2, 0.25) is 0 Å². The average molecular weight is 262 g/mol. The van der Waals surface area contributed by atoms with Gasteiger partial charge in [0.25, 0.3) is 0 Å². The zero-order valence-electron chi connectivity index (χ0n) is 12.2. The number of benzene rings is 1. The Balaban J connectivity index is 1.75. The lowest BCUT2D eigenvalue weighted by atomic mass is 9.91. The lowest BCUT2D eigenvalue weighted by Crippen LogP contribution is -2.49. The van der Waals surface area contributed by atoms with Gasteiger partial charge in [-0.3, -0.25) is 0 Å². The van der Waals surface area contributed by atoms with Gasteiger partial charge in [0.15, 0.2) is 0 Å².